The van der Waals surface area contributed by atoms with Gasteiger partial charge in [-0.05, 0) is 30.7 Å². The van der Waals surface area contributed by atoms with E-state index in [1.165, 1.54) is 17.8 Å². The van der Waals surface area contributed by atoms with E-state index in [0.717, 1.165) is 4.90 Å². The third kappa shape index (κ3) is 3.30. The lowest BCUT2D eigenvalue weighted by molar-refractivity contribution is -0.387. The fraction of sp³-hybridized carbons (Fsp3) is 0.143. The van der Waals surface area contributed by atoms with E-state index in [-0.39, 0.29) is 5.69 Å². The zero-order valence-electron chi connectivity index (χ0n) is 10.6. The second-order valence-corrected chi connectivity index (χ2v) is 5.68. The molecule has 2 rings (SSSR count). The Hall–Kier alpha value is -1.56. The second-order valence-electron chi connectivity index (χ2n) is 4.19. The van der Waals surface area contributed by atoms with Gasteiger partial charge in [0.25, 0.3) is 5.69 Å². The summed E-state index contributed by atoms with van der Waals surface area (Å²) in [6, 6.07) is 11.9. The van der Waals surface area contributed by atoms with E-state index in [0.29, 0.717) is 15.5 Å². The topological polar surface area (TPSA) is 63.4 Å². The van der Waals surface area contributed by atoms with Gasteiger partial charge in [0.05, 0.1) is 20.9 Å². The molecule has 0 radical (unpaired) electrons. The maximum absolute atomic E-state index is 11.1. The van der Waals surface area contributed by atoms with Gasteiger partial charge in [-0.15, -0.1) is 0 Å². The predicted octanol–water partition coefficient (Wildman–Crippen LogP) is 4.45. The molecular weight excluding hydrogens is 298 g/mol. The van der Waals surface area contributed by atoms with Crippen molar-refractivity contribution in [3.05, 3.63) is 63.2 Å². The minimum atomic E-state index is -0.743. The van der Waals surface area contributed by atoms with Crippen LogP contribution in [0.4, 0.5) is 5.69 Å². The molecule has 4 nitrogen and oxygen atoms in total. The van der Waals surface area contributed by atoms with Crippen LogP contribution in [0, 0.1) is 10.1 Å². The summed E-state index contributed by atoms with van der Waals surface area (Å²) in [7, 11) is 0. The molecule has 1 unspecified atom stereocenters. The Morgan fingerprint density at radius 3 is 2.55 bits per heavy atom. The van der Waals surface area contributed by atoms with Gasteiger partial charge in [-0.25, -0.2) is 0 Å². The third-order valence-electron chi connectivity index (χ3n) is 2.72. The minimum absolute atomic E-state index is 0.0340. The number of aliphatic hydroxyl groups is 1. The highest BCUT2D eigenvalue weighted by Gasteiger charge is 2.18. The van der Waals surface area contributed by atoms with Crippen LogP contribution >= 0.6 is 23.4 Å². The Morgan fingerprint density at radius 2 is 1.95 bits per heavy atom. The molecule has 0 aliphatic heterocycles. The van der Waals surface area contributed by atoms with Gasteiger partial charge in [0.1, 0.15) is 0 Å². The van der Waals surface area contributed by atoms with Crippen molar-refractivity contribution in [2.75, 3.05) is 0 Å². The molecule has 0 saturated carbocycles. The van der Waals surface area contributed by atoms with Crippen molar-refractivity contribution in [2.45, 2.75) is 22.8 Å². The van der Waals surface area contributed by atoms with Crippen molar-refractivity contribution < 1.29 is 10.0 Å². The zero-order valence-corrected chi connectivity index (χ0v) is 12.2. The molecule has 1 N–H and O–H groups in total. The first-order valence-electron chi connectivity index (χ1n) is 5.88. The summed E-state index contributed by atoms with van der Waals surface area (Å²) in [4.78, 5) is 11.9. The van der Waals surface area contributed by atoms with Crippen LogP contribution in [0.3, 0.4) is 0 Å². The van der Waals surface area contributed by atoms with Crippen molar-refractivity contribution in [1.29, 1.82) is 0 Å². The summed E-state index contributed by atoms with van der Waals surface area (Å²) in [6.07, 6.45) is -0.743. The summed E-state index contributed by atoms with van der Waals surface area (Å²) in [5, 5.41) is 21.2. The molecule has 6 heteroatoms. The fourth-order valence-electron chi connectivity index (χ4n) is 1.67. The molecule has 1 atom stereocenters. The standard InChI is InChI=1S/C14H12ClNO3S/c1-9(17)10-6-7-14(12(8-10)16(18)19)20-13-5-3-2-4-11(13)15/h2-9,17H,1H3. The average Bonchev–Trinajstić information content (AvgIpc) is 2.41. The predicted molar refractivity (Wildman–Crippen MR) is 79.3 cm³/mol. The average molecular weight is 310 g/mol. The molecule has 0 aromatic heterocycles. The third-order valence-corrected chi connectivity index (χ3v) is 4.30. The van der Waals surface area contributed by atoms with Gasteiger partial charge in [-0.3, -0.25) is 10.1 Å². The Labute approximate surface area is 125 Å². The Balaban J connectivity index is 2.41. The first-order chi connectivity index (χ1) is 9.49. The van der Waals surface area contributed by atoms with Crippen molar-refractivity contribution in [1.82, 2.24) is 0 Å². The highest BCUT2D eigenvalue weighted by atomic mass is 35.5. The van der Waals surface area contributed by atoms with Gasteiger partial charge in [-0.2, -0.15) is 0 Å². The molecule has 0 saturated heterocycles. The van der Waals surface area contributed by atoms with E-state index in [1.807, 2.05) is 6.07 Å². The van der Waals surface area contributed by atoms with Crippen molar-refractivity contribution in [3.63, 3.8) is 0 Å². The first kappa shape index (κ1) is 14.8. The molecule has 0 fully saturated rings. The highest BCUT2D eigenvalue weighted by Crippen LogP contribution is 2.39. The molecule has 0 bridgehead atoms. The SMILES string of the molecule is CC(O)c1ccc(Sc2ccccc2Cl)c([N+](=O)[O-])c1. The number of nitrogens with zero attached hydrogens (tertiary/aromatic N) is 1. The monoisotopic (exact) mass is 309 g/mol. The summed E-state index contributed by atoms with van der Waals surface area (Å²) in [5.41, 5.74) is 0.480. The van der Waals surface area contributed by atoms with Crippen LogP contribution in [0.1, 0.15) is 18.6 Å². The van der Waals surface area contributed by atoms with E-state index in [2.05, 4.69) is 0 Å². The number of hydrogen-bond acceptors (Lipinski definition) is 4. The second kappa shape index (κ2) is 6.26. The zero-order chi connectivity index (χ0) is 14.7. The van der Waals surface area contributed by atoms with Crippen molar-refractivity contribution >= 4 is 29.1 Å². The van der Waals surface area contributed by atoms with Crippen LogP contribution in [0.25, 0.3) is 0 Å². The van der Waals surface area contributed by atoms with E-state index in [1.54, 1.807) is 37.3 Å². The number of rotatable bonds is 4. The number of hydrogen-bond donors (Lipinski definition) is 1. The van der Waals surface area contributed by atoms with Gasteiger partial charge in [0.15, 0.2) is 0 Å². The summed E-state index contributed by atoms with van der Waals surface area (Å²) in [5.74, 6) is 0. The van der Waals surface area contributed by atoms with Crippen LogP contribution in [-0.4, -0.2) is 10.0 Å². The van der Waals surface area contributed by atoms with E-state index in [4.69, 9.17) is 11.6 Å². The van der Waals surface area contributed by atoms with E-state index >= 15 is 0 Å². The molecule has 2 aromatic carbocycles. The van der Waals surface area contributed by atoms with Gasteiger partial charge in [0.2, 0.25) is 0 Å². The number of nitro benzene ring substituents is 1. The Bertz CT molecular complexity index is 646. The minimum Gasteiger partial charge on any atom is -0.389 e. The van der Waals surface area contributed by atoms with Crippen LogP contribution in [0.2, 0.25) is 5.02 Å². The molecule has 0 amide bonds. The lowest BCUT2D eigenvalue weighted by Gasteiger charge is -2.08. The summed E-state index contributed by atoms with van der Waals surface area (Å²) >= 11 is 7.29. The molecule has 104 valence electrons. The quantitative estimate of drug-likeness (QED) is 0.669. The number of benzene rings is 2. The molecule has 20 heavy (non-hydrogen) atoms. The fourth-order valence-corrected chi connectivity index (χ4v) is 2.84. The molecule has 0 aliphatic rings. The first-order valence-corrected chi connectivity index (χ1v) is 7.07. The largest absolute Gasteiger partial charge is 0.389 e. The Kier molecular flexibility index (Phi) is 4.65. The van der Waals surface area contributed by atoms with Gasteiger partial charge < -0.3 is 5.11 Å². The molecule has 0 heterocycles. The van der Waals surface area contributed by atoms with Crippen LogP contribution in [-0.2, 0) is 0 Å². The van der Waals surface area contributed by atoms with Crippen LogP contribution < -0.4 is 0 Å². The lowest BCUT2D eigenvalue weighted by atomic mass is 10.1. The van der Waals surface area contributed by atoms with E-state index in [9.17, 15) is 15.2 Å². The molecular formula is C14H12ClNO3S. The maximum Gasteiger partial charge on any atom is 0.283 e. The van der Waals surface area contributed by atoms with E-state index < -0.39 is 11.0 Å². The molecule has 0 aliphatic carbocycles. The molecule has 2 aromatic rings. The van der Waals surface area contributed by atoms with Gasteiger partial charge in [-0.1, -0.05) is 41.6 Å². The van der Waals surface area contributed by atoms with Crippen LogP contribution in [0.5, 0.6) is 0 Å². The molecule has 0 spiro atoms. The number of aliphatic hydroxyl groups excluding tert-OH is 1. The summed E-state index contributed by atoms with van der Waals surface area (Å²) in [6.45, 7) is 1.57. The Morgan fingerprint density at radius 1 is 1.25 bits per heavy atom. The van der Waals surface area contributed by atoms with Gasteiger partial charge >= 0.3 is 0 Å². The lowest BCUT2D eigenvalue weighted by Crippen LogP contribution is -1.96. The van der Waals surface area contributed by atoms with Gasteiger partial charge in [0, 0.05) is 11.0 Å². The van der Waals surface area contributed by atoms with Crippen molar-refractivity contribution in [2.24, 2.45) is 0 Å². The van der Waals surface area contributed by atoms with Crippen molar-refractivity contribution in [3.8, 4) is 0 Å². The van der Waals surface area contributed by atoms with Crippen LogP contribution in [0.15, 0.2) is 52.3 Å². The smallest absolute Gasteiger partial charge is 0.283 e. The summed E-state index contributed by atoms with van der Waals surface area (Å²) < 4.78 is 0. The number of halogens is 1. The maximum atomic E-state index is 11.1. The number of nitro groups is 1. The normalized spacial score (nSPS) is 12.2. The highest BCUT2D eigenvalue weighted by molar-refractivity contribution is 7.99.